The summed E-state index contributed by atoms with van der Waals surface area (Å²) >= 11 is 0. The maximum Gasteiger partial charge on any atom is 0.323 e. The number of nitrogens with two attached hydrogens (primary N) is 1. The van der Waals surface area contributed by atoms with Crippen molar-refractivity contribution in [2.75, 3.05) is 18.8 Å². The van der Waals surface area contributed by atoms with Crippen LogP contribution in [0.15, 0.2) is 24.3 Å². The van der Waals surface area contributed by atoms with E-state index in [2.05, 4.69) is 5.32 Å². The van der Waals surface area contributed by atoms with Gasteiger partial charge in [0.2, 0.25) is 5.91 Å². The van der Waals surface area contributed by atoms with Crippen molar-refractivity contribution in [1.82, 2.24) is 10.2 Å². The predicted octanol–water partition coefficient (Wildman–Crippen LogP) is 0.320. The molecule has 1 rings (SSSR count). The summed E-state index contributed by atoms with van der Waals surface area (Å²) in [6.45, 7) is 2.77. The van der Waals surface area contributed by atoms with Gasteiger partial charge in [0.1, 0.15) is 6.54 Å². The van der Waals surface area contributed by atoms with Crippen molar-refractivity contribution >= 4 is 23.5 Å². The van der Waals surface area contributed by atoms with Gasteiger partial charge in [0, 0.05) is 17.3 Å². The molecule has 0 saturated heterocycles. The van der Waals surface area contributed by atoms with Crippen molar-refractivity contribution in [3.8, 4) is 0 Å². The lowest BCUT2D eigenvalue weighted by molar-refractivity contribution is -0.145. The number of anilines is 1. The first kappa shape index (κ1) is 16.5. The standard InChI is InChI=1S/C14H19N3O4/c1-9(2)17(8-13(19)20)12(18)7-16-14(21)10-3-5-11(15)6-4-10/h3-6,9H,7-8,15H2,1-2H3,(H,16,21)(H,19,20). The topological polar surface area (TPSA) is 113 Å². The summed E-state index contributed by atoms with van der Waals surface area (Å²) in [5.74, 6) is -1.96. The number of carboxylic acid groups (broad SMARTS) is 1. The number of aliphatic carboxylic acids is 1. The van der Waals surface area contributed by atoms with E-state index in [1.807, 2.05) is 0 Å². The van der Waals surface area contributed by atoms with E-state index in [0.29, 0.717) is 11.3 Å². The van der Waals surface area contributed by atoms with Crippen molar-refractivity contribution in [3.63, 3.8) is 0 Å². The Morgan fingerprint density at radius 1 is 1.24 bits per heavy atom. The highest BCUT2D eigenvalue weighted by atomic mass is 16.4. The Morgan fingerprint density at radius 3 is 2.29 bits per heavy atom. The molecule has 0 radical (unpaired) electrons. The van der Waals surface area contributed by atoms with Crippen LogP contribution in [-0.4, -0.2) is 46.9 Å². The minimum absolute atomic E-state index is 0.255. The van der Waals surface area contributed by atoms with Crippen molar-refractivity contribution in [2.24, 2.45) is 0 Å². The molecule has 1 aromatic carbocycles. The Hall–Kier alpha value is -2.57. The third-order valence-corrected chi connectivity index (χ3v) is 2.82. The highest BCUT2D eigenvalue weighted by Crippen LogP contribution is 2.05. The van der Waals surface area contributed by atoms with Crippen LogP contribution in [0.1, 0.15) is 24.2 Å². The quantitative estimate of drug-likeness (QED) is 0.654. The van der Waals surface area contributed by atoms with Crippen molar-refractivity contribution < 1.29 is 19.5 Å². The molecule has 0 aliphatic rings. The first-order valence-corrected chi connectivity index (χ1v) is 6.46. The normalized spacial score (nSPS) is 10.2. The summed E-state index contributed by atoms with van der Waals surface area (Å²) in [7, 11) is 0. The van der Waals surface area contributed by atoms with Crippen LogP contribution < -0.4 is 11.1 Å². The lowest BCUT2D eigenvalue weighted by atomic mass is 10.2. The predicted molar refractivity (Wildman–Crippen MR) is 77.7 cm³/mol. The minimum atomic E-state index is -1.10. The second-order valence-electron chi connectivity index (χ2n) is 4.81. The molecule has 0 fully saturated rings. The molecule has 4 N–H and O–H groups in total. The van der Waals surface area contributed by atoms with Gasteiger partial charge in [-0.05, 0) is 38.1 Å². The second-order valence-corrected chi connectivity index (χ2v) is 4.81. The van der Waals surface area contributed by atoms with E-state index in [9.17, 15) is 14.4 Å². The van der Waals surface area contributed by atoms with Gasteiger partial charge in [0.05, 0.1) is 6.54 Å². The minimum Gasteiger partial charge on any atom is -0.480 e. The molecule has 0 heterocycles. The van der Waals surface area contributed by atoms with Crippen LogP contribution in [0.5, 0.6) is 0 Å². The van der Waals surface area contributed by atoms with Gasteiger partial charge < -0.3 is 21.1 Å². The molecule has 0 aliphatic carbocycles. The molecule has 0 bridgehead atoms. The van der Waals surface area contributed by atoms with Crippen molar-refractivity contribution in [1.29, 1.82) is 0 Å². The SMILES string of the molecule is CC(C)N(CC(=O)O)C(=O)CNC(=O)c1ccc(N)cc1. The van der Waals surface area contributed by atoms with Gasteiger partial charge >= 0.3 is 5.97 Å². The van der Waals surface area contributed by atoms with Crippen LogP contribution in [-0.2, 0) is 9.59 Å². The lowest BCUT2D eigenvalue weighted by Gasteiger charge is -2.24. The molecule has 0 saturated carbocycles. The Balaban J connectivity index is 2.60. The van der Waals surface area contributed by atoms with Crippen LogP contribution in [0.25, 0.3) is 0 Å². The third-order valence-electron chi connectivity index (χ3n) is 2.82. The lowest BCUT2D eigenvalue weighted by Crippen LogP contribution is -2.45. The highest BCUT2D eigenvalue weighted by Gasteiger charge is 2.20. The van der Waals surface area contributed by atoms with E-state index in [4.69, 9.17) is 10.8 Å². The van der Waals surface area contributed by atoms with E-state index in [1.54, 1.807) is 38.1 Å². The van der Waals surface area contributed by atoms with Gasteiger partial charge in [-0.3, -0.25) is 14.4 Å². The molecule has 0 aliphatic heterocycles. The summed E-state index contributed by atoms with van der Waals surface area (Å²) in [5, 5.41) is 11.2. The van der Waals surface area contributed by atoms with Gasteiger partial charge in [-0.15, -0.1) is 0 Å². The van der Waals surface area contributed by atoms with E-state index in [-0.39, 0.29) is 12.6 Å². The van der Waals surface area contributed by atoms with Crippen LogP contribution in [0, 0.1) is 0 Å². The Kier molecular flexibility index (Phi) is 5.71. The second kappa shape index (κ2) is 7.28. The zero-order valence-corrected chi connectivity index (χ0v) is 12.0. The number of carbonyl (C=O) groups excluding carboxylic acids is 2. The Bertz CT molecular complexity index is 526. The molecule has 0 atom stereocenters. The number of amides is 2. The fourth-order valence-corrected chi connectivity index (χ4v) is 1.70. The summed E-state index contributed by atoms with van der Waals surface area (Å²) in [6, 6.07) is 6.00. The molecule has 0 unspecified atom stereocenters. The third kappa shape index (κ3) is 5.13. The molecule has 21 heavy (non-hydrogen) atoms. The summed E-state index contributed by atoms with van der Waals surface area (Å²) in [5.41, 5.74) is 6.44. The Morgan fingerprint density at radius 2 is 1.81 bits per heavy atom. The van der Waals surface area contributed by atoms with E-state index < -0.39 is 24.3 Å². The number of benzene rings is 1. The number of nitrogens with one attached hydrogen (secondary N) is 1. The molecule has 7 heteroatoms. The number of hydrogen-bond acceptors (Lipinski definition) is 4. The number of hydrogen-bond donors (Lipinski definition) is 3. The number of nitrogen functional groups attached to an aromatic ring is 1. The summed E-state index contributed by atoms with van der Waals surface area (Å²) < 4.78 is 0. The average Bonchev–Trinajstić information content (AvgIpc) is 2.42. The zero-order chi connectivity index (χ0) is 16.0. The highest BCUT2D eigenvalue weighted by molar-refractivity contribution is 5.97. The molecule has 1 aromatic rings. The number of carbonyl (C=O) groups is 3. The number of carboxylic acids is 1. The Labute approximate surface area is 122 Å². The van der Waals surface area contributed by atoms with Crippen LogP contribution in [0.4, 0.5) is 5.69 Å². The summed E-state index contributed by atoms with van der Waals surface area (Å²) in [6.07, 6.45) is 0. The largest absolute Gasteiger partial charge is 0.480 e. The van der Waals surface area contributed by atoms with Crippen LogP contribution >= 0.6 is 0 Å². The monoisotopic (exact) mass is 293 g/mol. The molecule has 0 aromatic heterocycles. The molecular weight excluding hydrogens is 274 g/mol. The van der Waals surface area contributed by atoms with Crippen LogP contribution in [0.2, 0.25) is 0 Å². The first-order valence-electron chi connectivity index (χ1n) is 6.46. The number of nitrogens with zero attached hydrogens (tertiary/aromatic N) is 1. The van der Waals surface area contributed by atoms with Crippen LogP contribution in [0.3, 0.4) is 0 Å². The van der Waals surface area contributed by atoms with Crippen molar-refractivity contribution in [2.45, 2.75) is 19.9 Å². The molecule has 7 nitrogen and oxygen atoms in total. The van der Waals surface area contributed by atoms with Gasteiger partial charge in [0.15, 0.2) is 0 Å². The molecule has 0 spiro atoms. The van der Waals surface area contributed by atoms with Crippen molar-refractivity contribution in [3.05, 3.63) is 29.8 Å². The van der Waals surface area contributed by atoms with Gasteiger partial charge in [-0.2, -0.15) is 0 Å². The smallest absolute Gasteiger partial charge is 0.323 e. The molecule has 114 valence electrons. The molecular formula is C14H19N3O4. The maximum atomic E-state index is 11.9. The summed E-state index contributed by atoms with van der Waals surface area (Å²) in [4.78, 5) is 35.7. The van der Waals surface area contributed by atoms with E-state index >= 15 is 0 Å². The molecule has 2 amide bonds. The zero-order valence-electron chi connectivity index (χ0n) is 12.0. The van der Waals surface area contributed by atoms with Gasteiger partial charge in [-0.25, -0.2) is 0 Å². The van der Waals surface area contributed by atoms with Gasteiger partial charge in [0.25, 0.3) is 5.91 Å². The first-order chi connectivity index (χ1) is 9.81. The van der Waals surface area contributed by atoms with E-state index in [0.717, 1.165) is 0 Å². The fraction of sp³-hybridized carbons (Fsp3) is 0.357. The fourth-order valence-electron chi connectivity index (χ4n) is 1.70. The maximum absolute atomic E-state index is 11.9. The van der Waals surface area contributed by atoms with E-state index in [1.165, 1.54) is 4.90 Å². The van der Waals surface area contributed by atoms with Gasteiger partial charge in [-0.1, -0.05) is 0 Å². The average molecular weight is 293 g/mol. The number of rotatable bonds is 6.